The molecule has 0 fully saturated rings. The standard InChI is InChI=1S/C23H20N2O/c26-17-19-11-13-22(14-12-19)23(25-16-15-24-18-25,20-7-3-1-4-8-20)21-9-5-2-6-10-21/h1-16,18,26H,17H2. The van der Waals surface area contributed by atoms with Gasteiger partial charge in [-0.1, -0.05) is 84.9 Å². The first-order valence-electron chi connectivity index (χ1n) is 8.65. The molecule has 0 aliphatic carbocycles. The molecule has 4 rings (SSSR count). The van der Waals surface area contributed by atoms with E-state index >= 15 is 0 Å². The molecule has 0 unspecified atom stereocenters. The predicted octanol–water partition coefficient (Wildman–Crippen LogP) is 4.22. The Balaban J connectivity index is 2.07. The highest BCUT2D eigenvalue weighted by Crippen LogP contribution is 2.40. The normalized spacial score (nSPS) is 11.4. The highest BCUT2D eigenvalue weighted by molar-refractivity contribution is 5.51. The van der Waals surface area contributed by atoms with Crippen LogP contribution in [-0.4, -0.2) is 14.7 Å². The first-order chi connectivity index (χ1) is 12.9. The van der Waals surface area contributed by atoms with E-state index in [1.807, 2.05) is 43.0 Å². The summed E-state index contributed by atoms with van der Waals surface area (Å²) in [5, 5.41) is 9.43. The maximum Gasteiger partial charge on any atom is 0.121 e. The quantitative estimate of drug-likeness (QED) is 0.553. The van der Waals surface area contributed by atoms with E-state index < -0.39 is 5.54 Å². The summed E-state index contributed by atoms with van der Waals surface area (Å²) in [6.45, 7) is 0.0367. The van der Waals surface area contributed by atoms with E-state index in [2.05, 4.69) is 70.2 Å². The number of benzene rings is 3. The summed E-state index contributed by atoms with van der Waals surface area (Å²) in [7, 11) is 0. The number of aliphatic hydroxyl groups excluding tert-OH is 1. The van der Waals surface area contributed by atoms with Crippen molar-refractivity contribution in [3.8, 4) is 0 Å². The highest BCUT2D eigenvalue weighted by atomic mass is 16.3. The van der Waals surface area contributed by atoms with Gasteiger partial charge in [-0.2, -0.15) is 0 Å². The van der Waals surface area contributed by atoms with Gasteiger partial charge in [-0.25, -0.2) is 4.98 Å². The third kappa shape index (κ3) is 2.63. The average molecular weight is 340 g/mol. The van der Waals surface area contributed by atoms with Gasteiger partial charge < -0.3 is 9.67 Å². The van der Waals surface area contributed by atoms with Gasteiger partial charge in [-0.15, -0.1) is 0 Å². The molecule has 0 saturated carbocycles. The third-order valence-corrected chi connectivity index (χ3v) is 4.83. The molecule has 3 aromatic carbocycles. The number of hydrogen-bond donors (Lipinski definition) is 1. The van der Waals surface area contributed by atoms with Crippen molar-refractivity contribution >= 4 is 0 Å². The monoisotopic (exact) mass is 340 g/mol. The van der Waals surface area contributed by atoms with Gasteiger partial charge in [-0.05, 0) is 22.3 Å². The Morgan fingerprint density at radius 2 is 1.27 bits per heavy atom. The zero-order chi connectivity index (χ0) is 17.8. The fourth-order valence-corrected chi connectivity index (χ4v) is 3.61. The second kappa shape index (κ2) is 6.98. The Labute approximate surface area is 153 Å². The summed E-state index contributed by atoms with van der Waals surface area (Å²) in [4.78, 5) is 4.32. The lowest BCUT2D eigenvalue weighted by Crippen LogP contribution is -2.36. The zero-order valence-electron chi connectivity index (χ0n) is 14.4. The molecule has 0 aliphatic rings. The molecule has 1 heterocycles. The molecule has 0 atom stereocenters. The van der Waals surface area contributed by atoms with Crippen molar-refractivity contribution in [3.63, 3.8) is 0 Å². The molecule has 1 N–H and O–H groups in total. The average Bonchev–Trinajstić information content (AvgIpc) is 3.26. The lowest BCUT2D eigenvalue weighted by molar-refractivity contribution is 0.282. The minimum atomic E-state index is -0.535. The molecule has 0 bridgehead atoms. The van der Waals surface area contributed by atoms with Crippen molar-refractivity contribution in [3.05, 3.63) is 126 Å². The summed E-state index contributed by atoms with van der Waals surface area (Å²) >= 11 is 0. The molecule has 1 aromatic heterocycles. The Morgan fingerprint density at radius 1 is 0.731 bits per heavy atom. The molecule has 0 saturated heterocycles. The molecular weight excluding hydrogens is 320 g/mol. The van der Waals surface area contributed by atoms with Gasteiger partial charge in [0.05, 0.1) is 12.9 Å². The van der Waals surface area contributed by atoms with Crippen molar-refractivity contribution in [1.82, 2.24) is 9.55 Å². The number of aromatic nitrogens is 2. The van der Waals surface area contributed by atoms with Crippen LogP contribution >= 0.6 is 0 Å². The van der Waals surface area contributed by atoms with Gasteiger partial charge >= 0.3 is 0 Å². The Kier molecular flexibility index (Phi) is 4.38. The Morgan fingerprint density at radius 3 is 1.73 bits per heavy atom. The van der Waals surface area contributed by atoms with Crippen molar-refractivity contribution in [2.75, 3.05) is 0 Å². The van der Waals surface area contributed by atoms with Crippen molar-refractivity contribution < 1.29 is 5.11 Å². The molecule has 3 heteroatoms. The van der Waals surface area contributed by atoms with Crippen LogP contribution in [0.1, 0.15) is 22.3 Å². The van der Waals surface area contributed by atoms with E-state index in [9.17, 15) is 5.11 Å². The molecule has 128 valence electrons. The van der Waals surface area contributed by atoms with Crippen LogP contribution < -0.4 is 0 Å². The number of nitrogens with zero attached hydrogens (tertiary/aromatic N) is 2. The van der Waals surface area contributed by atoms with Gasteiger partial charge in [0.2, 0.25) is 0 Å². The van der Waals surface area contributed by atoms with Crippen molar-refractivity contribution in [2.45, 2.75) is 12.1 Å². The Bertz CT molecular complexity index is 907. The van der Waals surface area contributed by atoms with E-state index in [0.29, 0.717) is 0 Å². The minimum absolute atomic E-state index is 0.0367. The maximum atomic E-state index is 9.43. The molecule has 26 heavy (non-hydrogen) atoms. The van der Waals surface area contributed by atoms with Crippen LogP contribution in [0.15, 0.2) is 104 Å². The van der Waals surface area contributed by atoms with Crippen molar-refractivity contribution in [2.24, 2.45) is 0 Å². The van der Waals surface area contributed by atoms with Crippen LogP contribution in [0, 0.1) is 0 Å². The maximum absolute atomic E-state index is 9.43. The fourth-order valence-electron chi connectivity index (χ4n) is 3.61. The topological polar surface area (TPSA) is 38.0 Å². The van der Waals surface area contributed by atoms with Gasteiger partial charge in [0.1, 0.15) is 5.54 Å². The summed E-state index contributed by atoms with van der Waals surface area (Å²) in [6.07, 6.45) is 5.67. The summed E-state index contributed by atoms with van der Waals surface area (Å²) in [5.41, 5.74) is 3.79. The number of imidazole rings is 1. The molecular formula is C23H20N2O. The highest BCUT2D eigenvalue weighted by Gasteiger charge is 2.37. The van der Waals surface area contributed by atoms with Gasteiger partial charge in [-0.3, -0.25) is 0 Å². The SMILES string of the molecule is OCc1ccc(C(c2ccccc2)(c2ccccc2)n2ccnc2)cc1. The van der Waals surface area contributed by atoms with E-state index in [1.165, 1.54) is 0 Å². The van der Waals surface area contributed by atoms with E-state index in [1.54, 1.807) is 0 Å². The van der Waals surface area contributed by atoms with Gasteiger partial charge in [0.15, 0.2) is 0 Å². The van der Waals surface area contributed by atoms with Crippen LogP contribution in [0.3, 0.4) is 0 Å². The third-order valence-electron chi connectivity index (χ3n) is 4.83. The molecule has 0 spiro atoms. The first-order valence-corrected chi connectivity index (χ1v) is 8.65. The van der Waals surface area contributed by atoms with Gasteiger partial charge in [0.25, 0.3) is 0 Å². The second-order valence-corrected chi connectivity index (χ2v) is 6.27. The van der Waals surface area contributed by atoms with Gasteiger partial charge in [0, 0.05) is 12.4 Å². The summed E-state index contributed by atoms with van der Waals surface area (Å²) in [6, 6.07) is 29.0. The fraction of sp³-hybridized carbons (Fsp3) is 0.0870. The van der Waals surface area contributed by atoms with E-state index in [4.69, 9.17) is 0 Å². The van der Waals surface area contributed by atoms with Crippen LogP contribution in [-0.2, 0) is 12.1 Å². The minimum Gasteiger partial charge on any atom is -0.392 e. The molecule has 0 aliphatic heterocycles. The van der Waals surface area contributed by atoms with Crippen LogP contribution in [0.25, 0.3) is 0 Å². The summed E-state index contributed by atoms with van der Waals surface area (Å²) < 4.78 is 2.14. The number of aliphatic hydroxyl groups is 1. The smallest absolute Gasteiger partial charge is 0.121 e. The van der Waals surface area contributed by atoms with Crippen LogP contribution in [0.5, 0.6) is 0 Å². The Hall–Kier alpha value is -3.17. The lowest BCUT2D eigenvalue weighted by Gasteiger charge is -2.37. The lowest BCUT2D eigenvalue weighted by atomic mass is 9.76. The molecule has 3 nitrogen and oxygen atoms in total. The molecule has 0 radical (unpaired) electrons. The molecule has 4 aromatic rings. The van der Waals surface area contributed by atoms with E-state index in [-0.39, 0.29) is 6.61 Å². The largest absolute Gasteiger partial charge is 0.392 e. The van der Waals surface area contributed by atoms with E-state index in [0.717, 1.165) is 22.3 Å². The number of rotatable bonds is 5. The summed E-state index contributed by atoms with van der Waals surface area (Å²) in [5.74, 6) is 0. The zero-order valence-corrected chi connectivity index (χ0v) is 14.4. The van der Waals surface area contributed by atoms with Crippen LogP contribution in [0.4, 0.5) is 0 Å². The first kappa shape index (κ1) is 16.3. The second-order valence-electron chi connectivity index (χ2n) is 6.27. The molecule has 0 amide bonds. The predicted molar refractivity (Wildman–Crippen MR) is 103 cm³/mol. The van der Waals surface area contributed by atoms with Crippen LogP contribution in [0.2, 0.25) is 0 Å². The van der Waals surface area contributed by atoms with Crippen molar-refractivity contribution in [1.29, 1.82) is 0 Å². The number of hydrogen-bond acceptors (Lipinski definition) is 2.